The summed E-state index contributed by atoms with van der Waals surface area (Å²) in [5.41, 5.74) is 5.76. The Morgan fingerprint density at radius 2 is 2.06 bits per heavy atom. The van der Waals surface area contributed by atoms with Crippen LogP contribution in [0.3, 0.4) is 0 Å². The summed E-state index contributed by atoms with van der Waals surface area (Å²) in [5, 5.41) is 12.8. The van der Waals surface area contributed by atoms with Gasteiger partial charge in [-0.15, -0.1) is 0 Å². The topological polar surface area (TPSA) is 76.7 Å². The zero-order valence-electron chi connectivity index (χ0n) is 10.9. The van der Waals surface area contributed by atoms with Crippen LogP contribution in [-0.4, -0.2) is 50.9 Å². The zero-order valence-corrected chi connectivity index (χ0v) is 10.9. The Bertz CT molecular complexity index is 200. The van der Waals surface area contributed by atoms with E-state index in [1.54, 1.807) is 14.2 Å². The van der Waals surface area contributed by atoms with Crippen molar-refractivity contribution in [2.24, 2.45) is 11.7 Å². The van der Waals surface area contributed by atoms with Gasteiger partial charge in [0.15, 0.2) is 6.29 Å². The van der Waals surface area contributed by atoms with Crippen LogP contribution in [0.2, 0.25) is 0 Å². The van der Waals surface area contributed by atoms with E-state index in [4.69, 9.17) is 15.2 Å². The maximum absolute atomic E-state index is 9.28. The van der Waals surface area contributed by atoms with Gasteiger partial charge in [0.1, 0.15) is 0 Å². The molecule has 0 heterocycles. The molecule has 3 atom stereocenters. The summed E-state index contributed by atoms with van der Waals surface area (Å²) in [6.45, 7) is 0.810. The van der Waals surface area contributed by atoms with E-state index in [1.807, 2.05) is 0 Å². The van der Waals surface area contributed by atoms with Crippen LogP contribution < -0.4 is 11.1 Å². The Morgan fingerprint density at radius 3 is 2.59 bits per heavy atom. The van der Waals surface area contributed by atoms with E-state index >= 15 is 0 Å². The predicted molar refractivity (Wildman–Crippen MR) is 66.6 cm³/mol. The monoisotopic (exact) mass is 246 g/mol. The van der Waals surface area contributed by atoms with Crippen LogP contribution in [0.1, 0.15) is 25.7 Å². The lowest BCUT2D eigenvalue weighted by molar-refractivity contribution is -0.110. The first-order chi connectivity index (χ1) is 8.24. The van der Waals surface area contributed by atoms with Crippen molar-refractivity contribution in [2.75, 3.05) is 27.4 Å². The summed E-state index contributed by atoms with van der Waals surface area (Å²) >= 11 is 0. The van der Waals surface area contributed by atoms with Crippen LogP contribution in [0, 0.1) is 5.92 Å². The molecule has 1 fully saturated rings. The lowest BCUT2D eigenvalue weighted by Gasteiger charge is -2.27. The Morgan fingerprint density at radius 1 is 1.35 bits per heavy atom. The second kappa shape index (κ2) is 8.00. The highest BCUT2D eigenvalue weighted by molar-refractivity contribution is 4.86. The highest BCUT2D eigenvalue weighted by Gasteiger charge is 2.28. The molecule has 0 aliphatic heterocycles. The van der Waals surface area contributed by atoms with Crippen LogP contribution in [0.25, 0.3) is 0 Å². The van der Waals surface area contributed by atoms with Gasteiger partial charge in [0.05, 0.1) is 0 Å². The van der Waals surface area contributed by atoms with E-state index in [-0.39, 0.29) is 18.9 Å². The first kappa shape index (κ1) is 14.9. The van der Waals surface area contributed by atoms with E-state index in [1.165, 1.54) is 6.42 Å². The highest BCUT2D eigenvalue weighted by Crippen LogP contribution is 2.25. The molecule has 102 valence electrons. The number of nitrogens with one attached hydrogen (secondary N) is 1. The number of ether oxygens (including phenoxy) is 2. The summed E-state index contributed by atoms with van der Waals surface area (Å²) in [6, 6.07) is 0.556. The smallest absolute Gasteiger partial charge is 0.158 e. The molecule has 1 aliphatic carbocycles. The molecule has 1 saturated carbocycles. The van der Waals surface area contributed by atoms with Gasteiger partial charge < -0.3 is 25.6 Å². The van der Waals surface area contributed by atoms with E-state index in [0.29, 0.717) is 18.5 Å². The SMILES string of the molecule is COC(CC(CN)NC1CCCC1CO)OC. The number of aliphatic hydroxyl groups excluding tert-OH is 1. The van der Waals surface area contributed by atoms with Crippen LogP contribution in [0.5, 0.6) is 0 Å². The first-order valence-electron chi connectivity index (χ1n) is 6.37. The predicted octanol–water partition coefficient (Wildman–Crippen LogP) is 0.0733. The lowest BCUT2D eigenvalue weighted by Crippen LogP contribution is -2.47. The summed E-state index contributed by atoms with van der Waals surface area (Å²) in [6.07, 6.45) is 3.91. The van der Waals surface area contributed by atoms with Crippen molar-refractivity contribution < 1.29 is 14.6 Å². The largest absolute Gasteiger partial charge is 0.396 e. The van der Waals surface area contributed by atoms with Crippen molar-refractivity contribution in [1.82, 2.24) is 5.32 Å². The summed E-state index contributed by atoms with van der Waals surface area (Å²) in [4.78, 5) is 0. The quantitative estimate of drug-likeness (QED) is 0.529. The van der Waals surface area contributed by atoms with Crippen molar-refractivity contribution in [3.05, 3.63) is 0 Å². The molecule has 0 aromatic heterocycles. The van der Waals surface area contributed by atoms with Gasteiger partial charge in [-0.3, -0.25) is 0 Å². The van der Waals surface area contributed by atoms with E-state index in [0.717, 1.165) is 19.3 Å². The van der Waals surface area contributed by atoms with Crippen molar-refractivity contribution in [1.29, 1.82) is 0 Å². The molecule has 5 nitrogen and oxygen atoms in total. The number of hydrogen-bond donors (Lipinski definition) is 3. The molecule has 1 aliphatic rings. The van der Waals surface area contributed by atoms with E-state index in [9.17, 15) is 5.11 Å². The van der Waals surface area contributed by atoms with Crippen molar-refractivity contribution >= 4 is 0 Å². The molecule has 0 saturated heterocycles. The second-order valence-electron chi connectivity index (χ2n) is 4.72. The van der Waals surface area contributed by atoms with Crippen LogP contribution in [0.15, 0.2) is 0 Å². The van der Waals surface area contributed by atoms with Gasteiger partial charge >= 0.3 is 0 Å². The molecule has 0 bridgehead atoms. The maximum atomic E-state index is 9.28. The standard InChI is InChI=1S/C12H26N2O3/c1-16-12(17-2)6-10(7-13)14-11-5-3-4-9(11)8-15/h9-12,14-15H,3-8,13H2,1-2H3. The van der Waals surface area contributed by atoms with Crippen LogP contribution in [0.4, 0.5) is 0 Å². The average molecular weight is 246 g/mol. The molecular formula is C12H26N2O3. The second-order valence-corrected chi connectivity index (χ2v) is 4.72. The summed E-state index contributed by atoms with van der Waals surface area (Å²) < 4.78 is 10.4. The third kappa shape index (κ3) is 4.52. The minimum absolute atomic E-state index is 0.178. The number of nitrogens with two attached hydrogens (primary N) is 1. The van der Waals surface area contributed by atoms with Crippen molar-refractivity contribution in [3.63, 3.8) is 0 Å². The fourth-order valence-electron chi connectivity index (χ4n) is 2.53. The number of methoxy groups -OCH3 is 2. The molecule has 1 rings (SSSR count). The number of hydrogen-bond acceptors (Lipinski definition) is 5. The zero-order chi connectivity index (χ0) is 12.7. The molecule has 0 aromatic rings. The lowest BCUT2D eigenvalue weighted by atomic mass is 10.0. The molecule has 0 spiro atoms. The van der Waals surface area contributed by atoms with Gasteiger partial charge in [0, 0.05) is 45.9 Å². The third-order valence-corrected chi connectivity index (χ3v) is 3.63. The minimum Gasteiger partial charge on any atom is -0.396 e. The third-order valence-electron chi connectivity index (χ3n) is 3.63. The van der Waals surface area contributed by atoms with E-state index < -0.39 is 0 Å². The van der Waals surface area contributed by atoms with Crippen LogP contribution in [-0.2, 0) is 9.47 Å². The van der Waals surface area contributed by atoms with Crippen LogP contribution >= 0.6 is 0 Å². The normalized spacial score (nSPS) is 26.6. The van der Waals surface area contributed by atoms with Gasteiger partial charge in [-0.2, -0.15) is 0 Å². The molecule has 5 heteroatoms. The van der Waals surface area contributed by atoms with Gasteiger partial charge in [0.2, 0.25) is 0 Å². The van der Waals surface area contributed by atoms with Gasteiger partial charge in [-0.05, 0) is 18.8 Å². The fourth-order valence-corrected chi connectivity index (χ4v) is 2.53. The summed E-state index contributed by atoms with van der Waals surface area (Å²) in [5.74, 6) is 0.368. The average Bonchev–Trinajstić information content (AvgIpc) is 2.81. The molecule has 0 aromatic carbocycles. The Balaban J connectivity index is 2.40. The number of aliphatic hydroxyl groups is 1. The van der Waals surface area contributed by atoms with Gasteiger partial charge in [0.25, 0.3) is 0 Å². The van der Waals surface area contributed by atoms with Crippen molar-refractivity contribution in [2.45, 2.75) is 44.1 Å². The molecular weight excluding hydrogens is 220 g/mol. The Kier molecular flexibility index (Phi) is 6.99. The highest BCUT2D eigenvalue weighted by atomic mass is 16.7. The van der Waals surface area contributed by atoms with Gasteiger partial charge in [-0.25, -0.2) is 0 Å². The van der Waals surface area contributed by atoms with Gasteiger partial charge in [-0.1, -0.05) is 6.42 Å². The Labute approximate surface area is 104 Å². The molecule has 3 unspecified atom stereocenters. The first-order valence-corrected chi connectivity index (χ1v) is 6.37. The minimum atomic E-state index is -0.218. The fraction of sp³-hybridized carbons (Fsp3) is 1.00. The van der Waals surface area contributed by atoms with Crippen molar-refractivity contribution in [3.8, 4) is 0 Å². The molecule has 17 heavy (non-hydrogen) atoms. The summed E-state index contributed by atoms with van der Waals surface area (Å²) in [7, 11) is 3.27. The number of rotatable bonds is 8. The molecule has 4 N–H and O–H groups in total. The maximum Gasteiger partial charge on any atom is 0.158 e. The Hall–Kier alpha value is -0.200. The molecule has 0 radical (unpaired) electrons. The molecule has 0 amide bonds. The van der Waals surface area contributed by atoms with E-state index in [2.05, 4.69) is 5.32 Å².